The highest BCUT2D eigenvalue weighted by atomic mass is 16.6. The van der Waals surface area contributed by atoms with E-state index in [4.69, 9.17) is 0 Å². The second-order valence-electron chi connectivity index (χ2n) is 3.38. The van der Waals surface area contributed by atoms with Crippen LogP contribution < -0.4 is 5.48 Å². The predicted octanol–water partition coefficient (Wildman–Crippen LogP) is 2.16. The van der Waals surface area contributed by atoms with Crippen molar-refractivity contribution in [3.05, 3.63) is 41.5 Å². The minimum Gasteiger partial charge on any atom is -0.277 e. The quantitative estimate of drug-likeness (QED) is 0.606. The average Bonchev–Trinajstić information content (AvgIpc) is 2.19. The Morgan fingerprint density at radius 1 is 1.20 bits per heavy atom. The molecule has 3 heteroatoms. The van der Waals surface area contributed by atoms with Crippen LogP contribution in [0.25, 0.3) is 5.57 Å². The van der Waals surface area contributed by atoms with Gasteiger partial charge in [0.1, 0.15) is 0 Å². The summed E-state index contributed by atoms with van der Waals surface area (Å²) in [5, 5.41) is 0. The zero-order valence-electron chi connectivity index (χ0n) is 9.20. The van der Waals surface area contributed by atoms with Gasteiger partial charge in [0.05, 0.1) is 7.11 Å². The Morgan fingerprint density at radius 3 is 2.27 bits per heavy atom. The Morgan fingerprint density at radius 2 is 1.80 bits per heavy atom. The number of hydrogen-bond acceptors (Lipinski definition) is 2. The van der Waals surface area contributed by atoms with Gasteiger partial charge in [-0.15, -0.1) is 0 Å². The molecule has 80 valence electrons. The minimum absolute atomic E-state index is 0.219. The van der Waals surface area contributed by atoms with Gasteiger partial charge in [-0.3, -0.25) is 9.63 Å². The van der Waals surface area contributed by atoms with Crippen LogP contribution in [0.3, 0.4) is 0 Å². The molecular formula is C12H15NO2. The van der Waals surface area contributed by atoms with Gasteiger partial charge in [-0.25, -0.2) is 5.48 Å². The monoisotopic (exact) mass is 205 g/mol. The van der Waals surface area contributed by atoms with E-state index < -0.39 is 0 Å². The zero-order chi connectivity index (χ0) is 11.3. The van der Waals surface area contributed by atoms with E-state index in [-0.39, 0.29) is 5.91 Å². The Kier molecular flexibility index (Phi) is 4.06. The summed E-state index contributed by atoms with van der Waals surface area (Å²) >= 11 is 0. The maximum atomic E-state index is 11.7. The number of benzene rings is 1. The van der Waals surface area contributed by atoms with E-state index in [1.54, 1.807) is 0 Å². The molecule has 0 heterocycles. The van der Waals surface area contributed by atoms with Crippen molar-refractivity contribution < 1.29 is 9.63 Å². The largest absolute Gasteiger partial charge is 0.277 e. The Hall–Kier alpha value is -1.61. The maximum absolute atomic E-state index is 11.7. The van der Waals surface area contributed by atoms with Crippen molar-refractivity contribution in [1.82, 2.24) is 5.48 Å². The van der Waals surface area contributed by atoms with Gasteiger partial charge in [0.2, 0.25) is 0 Å². The van der Waals surface area contributed by atoms with Crippen LogP contribution in [0.4, 0.5) is 0 Å². The number of allylic oxidation sites excluding steroid dienone is 1. The Labute approximate surface area is 89.7 Å². The third-order valence-corrected chi connectivity index (χ3v) is 1.98. The van der Waals surface area contributed by atoms with Crippen LogP contribution in [0.2, 0.25) is 0 Å². The summed E-state index contributed by atoms with van der Waals surface area (Å²) < 4.78 is 0. The predicted molar refractivity (Wildman–Crippen MR) is 59.9 cm³/mol. The van der Waals surface area contributed by atoms with Crippen molar-refractivity contribution in [2.24, 2.45) is 0 Å². The van der Waals surface area contributed by atoms with E-state index in [1.807, 2.05) is 44.2 Å². The molecule has 1 amide bonds. The standard InChI is InChI=1S/C12H15NO2/c1-9(2)11(12(14)13-15-3)10-7-5-4-6-8-10/h4-8H,1-3H3,(H,13,14). The highest BCUT2D eigenvalue weighted by Crippen LogP contribution is 2.18. The lowest BCUT2D eigenvalue weighted by molar-refractivity contribution is -0.125. The van der Waals surface area contributed by atoms with Crippen LogP contribution in [-0.2, 0) is 9.63 Å². The van der Waals surface area contributed by atoms with E-state index in [2.05, 4.69) is 10.3 Å². The lowest BCUT2D eigenvalue weighted by Crippen LogP contribution is -2.23. The summed E-state index contributed by atoms with van der Waals surface area (Å²) in [5.74, 6) is -0.219. The first-order valence-corrected chi connectivity index (χ1v) is 4.73. The fraction of sp³-hybridized carbons (Fsp3) is 0.250. The number of amides is 1. The molecule has 15 heavy (non-hydrogen) atoms. The van der Waals surface area contributed by atoms with Crippen molar-refractivity contribution in [3.8, 4) is 0 Å². The molecule has 0 aliphatic heterocycles. The molecule has 1 aromatic carbocycles. The first-order valence-electron chi connectivity index (χ1n) is 4.73. The number of rotatable bonds is 3. The van der Waals surface area contributed by atoms with Crippen LogP contribution in [0, 0.1) is 0 Å². The number of nitrogens with one attached hydrogen (secondary N) is 1. The summed E-state index contributed by atoms with van der Waals surface area (Å²) in [5.41, 5.74) is 4.83. The molecule has 0 fully saturated rings. The van der Waals surface area contributed by atoms with Crippen molar-refractivity contribution in [2.45, 2.75) is 13.8 Å². The van der Waals surface area contributed by atoms with Gasteiger partial charge < -0.3 is 0 Å². The highest BCUT2D eigenvalue weighted by molar-refractivity contribution is 6.19. The topological polar surface area (TPSA) is 38.3 Å². The molecule has 0 saturated carbocycles. The molecule has 0 atom stereocenters. The number of hydrogen-bond donors (Lipinski definition) is 1. The summed E-state index contributed by atoms with van der Waals surface area (Å²) in [7, 11) is 1.42. The summed E-state index contributed by atoms with van der Waals surface area (Å²) in [6.45, 7) is 3.80. The summed E-state index contributed by atoms with van der Waals surface area (Å²) in [6, 6.07) is 9.52. The van der Waals surface area contributed by atoms with E-state index >= 15 is 0 Å². The van der Waals surface area contributed by atoms with Crippen molar-refractivity contribution in [3.63, 3.8) is 0 Å². The fourth-order valence-electron chi connectivity index (χ4n) is 1.40. The van der Waals surface area contributed by atoms with E-state index in [0.29, 0.717) is 5.57 Å². The van der Waals surface area contributed by atoms with Gasteiger partial charge in [0.15, 0.2) is 0 Å². The average molecular weight is 205 g/mol. The molecule has 0 aliphatic rings. The molecule has 1 rings (SSSR count). The summed E-state index contributed by atoms with van der Waals surface area (Å²) in [4.78, 5) is 16.3. The molecule has 0 spiro atoms. The van der Waals surface area contributed by atoms with Gasteiger partial charge >= 0.3 is 0 Å². The molecule has 0 saturated heterocycles. The summed E-state index contributed by atoms with van der Waals surface area (Å²) in [6.07, 6.45) is 0. The van der Waals surface area contributed by atoms with Crippen LogP contribution in [0.1, 0.15) is 19.4 Å². The lowest BCUT2D eigenvalue weighted by Gasteiger charge is -2.09. The molecule has 3 nitrogen and oxygen atoms in total. The zero-order valence-corrected chi connectivity index (χ0v) is 9.20. The molecule has 0 unspecified atom stereocenters. The normalized spacial score (nSPS) is 9.53. The van der Waals surface area contributed by atoms with Gasteiger partial charge in [-0.2, -0.15) is 0 Å². The van der Waals surface area contributed by atoms with Gasteiger partial charge in [-0.1, -0.05) is 35.9 Å². The van der Waals surface area contributed by atoms with E-state index in [0.717, 1.165) is 11.1 Å². The van der Waals surface area contributed by atoms with Crippen LogP contribution in [0.5, 0.6) is 0 Å². The van der Waals surface area contributed by atoms with Crippen molar-refractivity contribution in [2.75, 3.05) is 7.11 Å². The van der Waals surface area contributed by atoms with Gasteiger partial charge in [0.25, 0.3) is 5.91 Å². The fourth-order valence-corrected chi connectivity index (χ4v) is 1.40. The molecule has 0 aromatic heterocycles. The van der Waals surface area contributed by atoms with Gasteiger partial charge in [-0.05, 0) is 19.4 Å². The maximum Gasteiger partial charge on any atom is 0.275 e. The molecule has 0 radical (unpaired) electrons. The molecule has 0 aliphatic carbocycles. The number of carbonyl (C=O) groups is 1. The first-order chi connectivity index (χ1) is 7.16. The van der Waals surface area contributed by atoms with Crippen molar-refractivity contribution >= 4 is 11.5 Å². The highest BCUT2D eigenvalue weighted by Gasteiger charge is 2.12. The second-order valence-corrected chi connectivity index (χ2v) is 3.38. The first kappa shape index (κ1) is 11.5. The number of hydroxylamine groups is 1. The third kappa shape index (κ3) is 2.92. The molecule has 1 aromatic rings. The smallest absolute Gasteiger partial charge is 0.275 e. The van der Waals surface area contributed by atoms with E-state index in [1.165, 1.54) is 7.11 Å². The van der Waals surface area contributed by atoms with Gasteiger partial charge in [0, 0.05) is 5.57 Å². The SMILES string of the molecule is CONC(=O)C(=C(C)C)c1ccccc1. The number of carbonyl (C=O) groups excluding carboxylic acids is 1. The van der Waals surface area contributed by atoms with Crippen LogP contribution in [0.15, 0.2) is 35.9 Å². The second kappa shape index (κ2) is 5.32. The molecular weight excluding hydrogens is 190 g/mol. The Balaban J connectivity index is 3.06. The molecule has 0 bridgehead atoms. The minimum atomic E-state index is -0.219. The Bertz CT molecular complexity index is 364. The van der Waals surface area contributed by atoms with Crippen LogP contribution >= 0.6 is 0 Å². The van der Waals surface area contributed by atoms with Crippen LogP contribution in [-0.4, -0.2) is 13.0 Å². The van der Waals surface area contributed by atoms with Crippen molar-refractivity contribution in [1.29, 1.82) is 0 Å². The molecule has 1 N–H and O–H groups in total. The van der Waals surface area contributed by atoms with E-state index in [9.17, 15) is 4.79 Å². The third-order valence-electron chi connectivity index (χ3n) is 1.98. The lowest BCUT2D eigenvalue weighted by atomic mass is 10.0.